The van der Waals surface area contributed by atoms with Gasteiger partial charge in [-0.25, -0.2) is 4.79 Å². The number of oxazole rings is 1. The quantitative estimate of drug-likeness (QED) is 0.439. The van der Waals surface area contributed by atoms with Crippen LogP contribution in [0, 0.1) is 0 Å². The normalized spacial score (nSPS) is 18.9. The van der Waals surface area contributed by atoms with E-state index in [4.69, 9.17) is 4.42 Å². The van der Waals surface area contributed by atoms with E-state index in [-0.39, 0.29) is 11.9 Å². The maximum Gasteiger partial charge on any atom is 0.417 e. The third kappa shape index (κ3) is 4.78. The summed E-state index contributed by atoms with van der Waals surface area (Å²) < 4.78 is 29.8. The average Bonchev–Trinajstić information content (AvgIpc) is 3.32. The van der Waals surface area contributed by atoms with Gasteiger partial charge in [0.2, 0.25) is 5.91 Å². The van der Waals surface area contributed by atoms with Crippen LogP contribution in [0.25, 0.3) is 11.1 Å². The Morgan fingerprint density at radius 2 is 2.03 bits per heavy atom. The molecule has 0 radical (unpaired) electrons. The van der Waals surface area contributed by atoms with Crippen LogP contribution < -0.4 is 15.4 Å². The predicted octanol–water partition coefficient (Wildman–Crippen LogP) is 2.73. The van der Waals surface area contributed by atoms with Crippen molar-refractivity contribution in [2.24, 2.45) is 0 Å². The fraction of sp³-hybridized carbons (Fsp3) is 0.440. The molecule has 35 heavy (non-hydrogen) atoms. The summed E-state index contributed by atoms with van der Waals surface area (Å²) in [5.41, 5.74) is 2.71. The molecule has 2 aliphatic rings. The summed E-state index contributed by atoms with van der Waals surface area (Å²) in [6.45, 7) is 4.73. The van der Waals surface area contributed by atoms with Crippen LogP contribution in [0.15, 0.2) is 51.7 Å². The van der Waals surface area contributed by atoms with Crippen LogP contribution in [0.5, 0.6) is 0 Å². The average molecular weight is 498 g/mol. The Labute approximate surface area is 205 Å². The molecule has 2 heterocycles. The number of aromatic nitrogens is 1. The zero-order chi connectivity index (χ0) is 24.6. The first-order valence-electron chi connectivity index (χ1n) is 12.0. The summed E-state index contributed by atoms with van der Waals surface area (Å²) in [4.78, 5) is 30.2. The van der Waals surface area contributed by atoms with E-state index in [0.29, 0.717) is 29.9 Å². The molecular weight excluding hydrogens is 468 g/mol. The van der Waals surface area contributed by atoms with E-state index in [2.05, 4.69) is 15.2 Å². The third-order valence-corrected chi connectivity index (χ3v) is 7.96. The molecule has 1 unspecified atom stereocenters. The first-order chi connectivity index (χ1) is 16.9. The van der Waals surface area contributed by atoms with Crippen LogP contribution in [0.1, 0.15) is 49.8 Å². The lowest BCUT2D eigenvalue weighted by atomic mass is 9.93. The second-order valence-electron chi connectivity index (χ2n) is 9.35. The lowest BCUT2D eigenvalue weighted by Gasteiger charge is -2.29. The Balaban J connectivity index is 1.43. The van der Waals surface area contributed by atoms with Crippen LogP contribution in [-0.2, 0) is 21.5 Å². The summed E-state index contributed by atoms with van der Waals surface area (Å²) in [6, 6.07) is 12.5. The summed E-state index contributed by atoms with van der Waals surface area (Å²) in [6.07, 6.45) is 3.71. The van der Waals surface area contributed by atoms with Crippen molar-refractivity contribution in [3.05, 3.63) is 64.1 Å². The van der Waals surface area contributed by atoms with Gasteiger partial charge < -0.3 is 23.5 Å². The van der Waals surface area contributed by atoms with Crippen molar-refractivity contribution in [1.82, 2.24) is 15.2 Å². The molecule has 1 aliphatic heterocycles. The number of nitrogens with zero attached hydrogens (tertiary/aromatic N) is 2. The number of amides is 1. The number of aromatic amines is 1. The molecule has 5 rings (SSSR count). The zero-order valence-corrected chi connectivity index (χ0v) is 20.4. The molecule has 9 nitrogen and oxygen atoms in total. The summed E-state index contributed by atoms with van der Waals surface area (Å²) in [5, 5.41) is 3.28. The number of benzene rings is 2. The molecule has 0 spiro atoms. The van der Waals surface area contributed by atoms with Gasteiger partial charge in [-0.05, 0) is 81.1 Å². The van der Waals surface area contributed by atoms with Crippen LogP contribution in [-0.4, -0.2) is 50.7 Å². The summed E-state index contributed by atoms with van der Waals surface area (Å²) >= 11 is -2.38. The van der Waals surface area contributed by atoms with Crippen LogP contribution >= 0.6 is 0 Å². The van der Waals surface area contributed by atoms with Gasteiger partial charge in [-0.15, -0.1) is 0 Å². The number of anilines is 1. The minimum absolute atomic E-state index is 0.0583. The number of nitrogens with one attached hydrogen (secondary N) is 2. The predicted molar refractivity (Wildman–Crippen MR) is 133 cm³/mol. The fourth-order valence-electron chi connectivity index (χ4n) is 5.05. The third-order valence-electron chi connectivity index (χ3n) is 7.13. The van der Waals surface area contributed by atoms with Gasteiger partial charge in [0.15, 0.2) is 5.58 Å². The molecular formula is C25H29N4O5S-. The number of rotatable bonds is 9. The molecule has 1 amide bonds. The van der Waals surface area contributed by atoms with Crippen molar-refractivity contribution in [2.75, 3.05) is 30.5 Å². The van der Waals surface area contributed by atoms with Gasteiger partial charge in [0, 0.05) is 30.0 Å². The number of likely N-dealkylation sites (tertiary alicyclic amines) is 1. The highest BCUT2D eigenvalue weighted by Gasteiger charge is 2.52. The van der Waals surface area contributed by atoms with Crippen molar-refractivity contribution >= 4 is 34.0 Å². The zero-order valence-electron chi connectivity index (χ0n) is 19.6. The molecule has 2 fully saturated rings. The highest BCUT2D eigenvalue weighted by atomic mass is 32.2. The molecule has 2 N–H and O–H groups in total. The van der Waals surface area contributed by atoms with Crippen molar-refractivity contribution in [3.8, 4) is 0 Å². The molecule has 1 saturated heterocycles. The molecule has 1 saturated carbocycles. The first kappa shape index (κ1) is 23.8. The van der Waals surface area contributed by atoms with E-state index in [0.717, 1.165) is 49.9 Å². The molecule has 1 aromatic heterocycles. The van der Waals surface area contributed by atoms with Crippen molar-refractivity contribution in [3.63, 3.8) is 0 Å². The smallest absolute Gasteiger partial charge is 0.417 e. The highest BCUT2D eigenvalue weighted by Crippen LogP contribution is 2.49. The second-order valence-corrected chi connectivity index (χ2v) is 10.2. The molecule has 186 valence electrons. The molecule has 1 aliphatic carbocycles. The van der Waals surface area contributed by atoms with Crippen molar-refractivity contribution in [1.29, 1.82) is 0 Å². The Morgan fingerprint density at radius 1 is 1.26 bits per heavy atom. The van der Waals surface area contributed by atoms with E-state index < -0.39 is 22.4 Å². The minimum atomic E-state index is -2.38. The van der Waals surface area contributed by atoms with E-state index >= 15 is 0 Å². The lowest BCUT2D eigenvalue weighted by molar-refractivity contribution is -0.124. The maximum absolute atomic E-state index is 13.7. The number of carbonyl (C=O) groups is 1. The van der Waals surface area contributed by atoms with E-state index in [1.807, 2.05) is 30.3 Å². The number of carbonyl (C=O) groups excluding carboxylic acids is 1. The first-order valence-corrected chi connectivity index (χ1v) is 13.1. The Hall–Kier alpha value is -2.95. The van der Waals surface area contributed by atoms with Crippen LogP contribution in [0.2, 0.25) is 0 Å². The highest BCUT2D eigenvalue weighted by molar-refractivity contribution is 7.80. The number of fused-ring (bicyclic) bond motifs is 1. The standard InChI is InChI=1S/C25H30N4O5S/c1-2-29(35(32)33)19-7-5-6-17(14-19)21(16-28-12-3-4-13-28)26-23(30)25(10-11-25)18-8-9-22-20(15-18)27-24(31)34-22/h5-9,14-15,21H,2-4,10-13,16H2,1H3,(H,26,30)(H,27,31)(H,32,33)/p-1/t21-/m1/s1. The van der Waals surface area contributed by atoms with E-state index in [9.17, 15) is 18.4 Å². The molecule has 0 bridgehead atoms. The van der Waals surface area contributed by atoms with Crippen molar-refractivity contribution in [2.45, 2.75) is 44.1 Å². The van der Waals surface area contributed by atoms with Gasteiger partial charge in [0.1, 0.15) is 0 Å². The fourth-order valence-corrected chi connectivity index (χ4v) is 5.54. The largest absolute Gasteiger partial charge is 0.755 e. The van der Waals surface area contributed by atoms with Gasteiger partial charge in [0.25, 0.3) is 0 Å². The molecule has 10 heteroatoms. The Bertz CT molecular complexity index is 1310. The van der Waals surface area contributed by atoms with Gasteiger partial charge in [-0.3, -0.25) is 14.0 Å². The van der Waals surface area contributed by atoms with Gasteiger partial charge >= 0.3 is 5.76 Å². The van der Waals surface area contributed by atoms with E-state index in [1.54, 1.807) is 19.1 Å². The van der Waals surface area contributed by atoms with Gasteiger partial charge in [-0.1, -0.05) is 18.2 Å². The van der Waals surface area contributed by atoms with E-state index in [1.165, 1.54) is 4.31 Å². The topological polar surface area (TPSA) is 122 Å². The SMILES string of the molecule is CCN(c1cccc([C@@H](CN2CCCC2)NC(=O)C2(c3ccc4oc(=O)[nH]c4c3)CC2)c1)S(=O)[O-]. The minimum Gasteiger partial charge on any atom is -0.755 e. The summed E-state index contributed by atoms with van der Waals surface area (Å²) in [7, 11) is 0. The summed E-state index contributed by atoms with van der Waals surface area (Å²) in [5.74, 6) is -0.575. The molecule has 2 aromatic carbocycles. The molecule has 3 aromatic rings. The Kier molecular flexibility index (Phi) is 6.52. The monoisotopic (exact) mass is 497 g/mol. The number of hydrogen-bond donors (Lipinski definition) is 2. The number of hydrogen-bond acceptors (Lipinski definition) is 6. The Morgan fingerprint density at radius 3 is 2.71 bits per heavy atom. The van der Waals surface area contributed by atoms with Gasteiger partial charge in [0.05, 0.1) is 17.0 Å². The van der Waals surface area contributed by atoms with Crippen LogP contribution in [0.3, 0.4) is 0 Å². The second kappa shape index (κ2) is 9.60. The van der Waals surface area contributed by atoms with Crippen LogP contribution in [0.4, 0.5) is 5.69 Å². The molecule has 2 atom stereocenters. The lowest BCUT2D eigenvalue weighted by Crippen LogP contribution is -2.42. The number of H-pyrrole nitrogens is 1. The maximum atomic E-state index is 13.7. The van der Waals surface area contributed by atoms with Crippen molar-refractivity contribution < 1.29 is 18.0 Å². The van der Waals surface area contributed by atoms with Gasteiger partial charge in [-0.2, -0.15) is 0 Å².